The molecule has 102 valence electrons. The Balaban J connectivity index is 1.83. The van der Waals surface area contributed by atoms with Gasteiger partial charge < -0.3 is 9.47 Å². The number of halogens is 1. The summed E-state index contributed by atoms with van der Waals surface area (Å²) in [6, 6.07) is 5.09. The highest BCUT2D eigenvalue weighted by Gasteiger charge is 2.15. The summed E-state index contributed by atoms with van der Waals surface area (Å²) in [6.07, 6.45) is 4.63. The number of hydrogen-bond acceptors (Lipinski definition) is 4. The molecule has 0 atom stereocenters. The number of rotatable bonds is 3. The first-order chi connectivity index (χ1) is 9.65. The van der Waals surface area contributed by atoms with Crippen molar-refractivity contribution in [2.24, 2.45) is 7.05 Å². The topological polar surface area (TPSA) is 53.4 Å². The van der Waals surface area contributed by atoms with Crippen LogP contribution in [0.15, 0.2) is 30.5 Å². The molecule has 0 spiro atoms. The minimum absolute atomic E-state index is 0.138. The lowest BCUT2D eigenvalue weighted by atomic mass is 10.1. The summed E-state index contributed by atoms with van der Waals surface area (Å²) in [5.74, 6) is 1.10. The van der Waals surface area contributed by atoms with Crippen LogP contribution in [-0.2, 0) is 7.05 Å². The van der Waals surface area contributed by atoms with Crippen molar-refractivity contribution in [1.82, 2.24) is 9.78 Å². The van der Waals surface area contributed by atoms with E-state index in [0.717, 1.165) is 0 Å². The molecule has 20 heavy (non-hydrogen) atoms. The average Bonchev–Trinajstić information content (AvgIpc) is 3.03. The zero-order valence-electron chi connectivity index (χ0n) is 10.7. The van der Waals surface area contributed by atoms with Crippen molar-refractivity contribution in [3.8, 4) is 11.5 Å². The van der Waals surface area contributed by atoms with Gasteiger partial charge >= 0.3 is 0 Å². The molecule has 0 unspecified atom stereocenters. The Kier molecular flexibility index (Phi) is 3.20. The predicted octanol–water partition coefficient (Wildman–Crippen LogP) is 2.70. The smallest absolute Gasteiger partial charge is 0.231 e. The monoisotopic (exact) mass is 290 g/mol. The van der Waals surface area contributed by atoms with Gasteiger partial charge in [0.2, 0.25) is 6.79 Å². The molecule has 0 N–H and O–H groups in total. The second kappa shape index (κ2) is 5.02. The largest absolute Gasteiger partial charge is 0.454 e. The summed E-state index contributed by atoms with van der Waals surface area (Å²) in [4.78, 5) is 12.1. The summed E-state index contributed by atoms with van der Waals surface area (Å²) in [5, 5.41) is 4.50. The van der Waals surface area contributed by atoms with Crippen LogP contribution in [0.3, 0.4) is 0 Å². The summed E-state index contributed by atoms with van der Waals surface area (Å²) >= 11 is 5.97. The van der Waals surface area contributed by atoms with E-state index in [1.54, 1.807) is 36.0 Å². The third kappa shape index (κ3) is 2.28. The zero-order chi connectivity index (χ0) is 14.1. The van der Waals surface area contributed by atoms with Crippen LogP contribution in [0.4, 0.5) is 0 Å². The summed E-state index contributed by atoms with van der Waals surface area (Å²) in [5.41, 5.74) is 1.21. The van der Waals surface area contributed by atoms with Crippen LogP contribution in [0.2, 0.25) is 5.02 Å². The van der Waals surface area contributed by atoms with E-state index in [9.17, 15) is 4.79 Å². The van der Waals surface area contributed by atoms with Gasteiger partial charge in [-0.2, -0.15) is 5.10 Å². The molecule has 0 amide bonds. The van der Waals surface area contributed by atoms with Gasteiger partial charge in [0, 0.05) is 12.6 Å². The van der Waals surface area contributed by atoms with E-state index in [-0.39, 0.29) is 12.6 Å². The third-order valence-electron chi connectivity index (χ3n) is 2.99. The molecular weight excluding hydrogens is 280 g/mol. The molecule has 0 saturated heterocycles. The number of hydrogen-bond donors (Lipinski definition) is 0. The molecule has 0 bridgehead atoms. The fourth-order valence-corrected chi connectivity index (χ4v) is 2.14. The van der Waals surface area contributed by atoms with Crippen LogP contribution >= 0.6 is 11.6 Å². The van der Waals surface area contributed by atoms with Crippen LogP contribution in [-0.4, -0.2) is 22.4 Å². The van der Waals surface area contributed by atoms with Crippen LogP contribution in [0.25, 0.3) is 6.08 Å². The van der Waals surface area contributed by atoms with Gasteiger partial charge in [-0.3, -0.25) is 9.48 Å². The maximum atomic E-state index is 12.1. The minimum atomic E-state index is -0.138. The Morgan fingerprint density at radius 2 is 2.20 bits per heavy atom. The fourth-order valence-electron chi connectivity index (χ4n) is 1.91. The number of aryl methyl sites for hydroxylation is 1. The number of nitrogens with zero attached hydrogens (tertiary/aromatic N) is 2. The highest BCUT2D eigenvalue weighted by molar-refractivity contribution is 6.31. The van der Waals surface area contributed by atoms with E-state index >= 15 is 0 Å². The number of allylic oxidation sites excluding steroid dienone is 1. The van der Waals surface area contributed by atoms with Crippen LogP contribution < -0.4 is 9.47 Å². The van der Waals surface area contributed by atoms with Gasteiger partial charge in [0.15, 0.2) is 17.3 Å². The molecule has 5 nitrogen and oxygen atoms in total. The molecule has 2 heterocycles. The molecule has 1 aliphatic rings. The van der Waals surface area contributed by atoms with Crippen LogP contribution in [0.1, 0.15) is 16.1 Å². The molecular formula is C14H11ClN2O3. The lowest BCUT2D eigenvalue weighted by Gasteiger charge is -1.99. The predicted molar refractivity (Wildman–Crippen MR) is 74.1 cm³/mol. The van der Waals surface area contributed by atoms with Gasteiger partial charge in [0.05, 0.1) is 16.9 Å². The van der Waals surface area contributed by atoms with Gasteiger partial charge in [-0.25, -0.2) is 0 Å². The minimum Gasteiger partial charge on any atom is -0.454 e. The summed E-state index contributed by atoms with van der Waals surface area (Å²) in [6.45, 7) is 0.188. The number of benzene rings is 1. The van der Waals surface area contributed by atoms with Crippen molar-refractivity contribution in [3.05, 3.63) is 46.8 Å². The van der Waals surface area contributed by atoms with Gasteiger partial charge in [0.25, 0.3) is 0 Å². The molecule has 0 saturated carbocycles. The van der Waals surface area contributed by atoms with Gasteiger partial charge in [-0.05, 0) is 30.4 Å². The van der Waals surface area contributed by atoms with Crippen molar-refractivity contribution < 1.29 is 14.3 Å². The molecule has 3 rings (SSSR count). The number of ketones is 1. The molecule has 6 heteroatoms. The Morgan fingerprint density at radius 1 is 1.40 bits per heavy atom. The third-order valence-corrected chi connectivity index (χ3v) is 3.28. The maximum Gasteiger partial charge on any atom is 0.231 e. The highest BCUT2D eigenvalue weighted by Crippen LogP contribution is 2.32. The highest BCUT2D eigenvalue weighted by atomic mass is 35.5. The van der Waals surface area contributed by atoms with E-state index in [2.05, 4.69) is 5.10 Å². The number of carbonyl (C=O) groups is 1. The molecule has 1 aliphatic heterocycles. The summed E-state index contributed by atoms with van der Waals surface area (Å²) in [7, 11) is 1.76. The van der Waals surface area contributed by atoms with Gasteiger partial charge in [-0.1, -0.05) is 11.6 Å². The van der Waals surface area contributed by atoms with Crippen molar-refractivity contribution in [2.45, 2.75) is 0 Å². The fraction of sp³-hybridized carbons (Fsp3) is 0.143. The SMILES string of the molecule is Cn1ncc(Cl)c1/C=C/C(=O)c1ccc2c(c1)OCO2. The first kappa shape index (κ1) is 12.7. The number of ether oxygens (including phenoxy) is 2. The second-order valence-electron chi connectivity index (χ2n) is 4.27. The standard InChI is InChI=1S/C14H11ClN2O3/c1-17-11(10(15)7-16-17)3-4-12(18)9-2-5-13-14(6-9)20-8-19-13/h2-7H,8H2,1H3/b4-3+. The van der Waals surface area contributed by atoms with Crippen LogP contribution in [0, 0.1) is 0 Å². The first-order valence-corrected chi connectivity index (χ1v) is 6.32. The molecule has 0 aliphatic carbocycles. The molecule has 1 aromatic carbocycles. The van der Waals surface area contributed by atoms with E-state index < -0.39 is 0 Å². The second-order valence-corrected chi connectivity index (χ2v) is 4.67. The quantitative estimate of drug-likeness (QED) is 0.644. The number of carbonyl (C=O) groups excluding carboxylic acids is 1. The van der Waals surface area contributed by atoms with E-state index in [0.29, 0.717) is 27.8 Å². The van der Waals surface area contributed by atoms with Gasteiger partial charge in [-0.15, -0.1) is 0 Å². The van der Waals surface area contributed by atoms with E-state index in [1.165, 1.54) is 12.3 Å². The number of fused-ring (bicyclic) bond motifs is 1. The Hall–Kier alpha value is -2.27. The van der Waals surface area contributed by atoms with E-state index in [1.807, 2.05) is 0 Å². The lowest BCUT2D eigenvalue weighted by molar-refractivity contribution is 0.104. The molecule has 0 radical (unpaired) electrons. The summed E-state index contributed by atoms with van der Waals surface area (Å²) < 4.78 is 12.0. The Bertz CT molecular complexity index is 687. The van der Waals surface area contributed by atoms with Gasteiger partial charge in [0.1, 0.15) is 0 Å². The Labute approximate surface area is 120 Å². The lowest BCUT2D eigenvalue weighted by Crippen LogP contribution is -1.96. The molecule has 2 aromatic rings. The van der Waals surface area contributed by atoms with Crippen molar-refractivity contribution in [2.75, 3.05) is 6.79 Å². The van der Waals surface area contributed by atoms with Crippen molar-refractivity contribution >= 4 is 23.5 Å². The zero-order valence-corrected chi connectivity index (χ0v) is 11.4. The maximum absolute atomic E-state index is 12.1. The first-order valence-electron chi connectivity index (χ1n) is 5.95. The molecule has 1 aromatic heterocycles. The van der Waals surface area contributed by atoms with Crippen molar-refractivity contribution in [3.63, 3.8) is 0 Å². The normalized spacial score (nSPS) is 13.1. The number of aromatic nitrogens is 2. The van der Waals surface area contributed by atoms with E-state index in [4.69, 9.17) is 21.1 Å². The molecule has 0 fully saturated rings. The van der Waals surface area contributed by atoms with Crippen LogP contribution in [0.5, 0.6) is 11.5 Å². The van der Waals surface area contributed by atoms with Crippen molar-refractivity contribution in [1.29, 1.82) is 0 Å². The Morgan fingerprint density at radius 3 is 2.95 bits per heavy atom. The average molecular weight is 291 g/mol.